The van der Waals surface area contributed by atoms with Gasteiger partial charge in [-0.25, -0.2) is 4.98 Å². The Morgan fingerprint density at radius 3 is 2.85 bits per heavy atom. The Labute approximate surface area is 115 Å². The third-order valence-corrected chi connectivity index (χ3v) is 2.67. The Bertz CT molecular complexity index is 604. The summed E-state index contributed by atoms with van der Waals surface area (Å²) in [7, 11) is 3.40. The quantitative estimate of drug-likeness (QED) is 0.651. The van der Waals surface area contributed by atoms with Gasteiger partial charge in [0.05, 0.1) is 4.92 Å². The highest BCUT2D eigenvalue weighted by atomic mass is 16.6. The maximum Gasteiger partial charge on any atom is 0.329 e. The summed E-state index contributed by atoms with van der Waals surface area (Å²) in [5.74, 6) is 0.599. The van der Waals surface area contributed by atoms with Crippen LogP contribution in [0.15, 0.2) is 30.7 Å². The fraction of sp³-hybridized carbons (Fsp3) is 0.250. The second kappa shape index (κ2) is 5.91. The number of rotatable bonds is 5. The molecule has 0 aliphatic rings. The van der Waals surface area contributed by atoms with E-state index in [9.17, 15) is 10.1 Å². The van der Waals surface area contributed by atoms with Crippen molar-refractivity contribution in [1.29, 1.82) is 0 Å². The van der Waals surface area contributed by atoms with Gasteiger partial charge >= 0.3 is 5.69 Å². The van der Waals surface area contributed by atoms with Gasteiger partial charge in [-0.15, -0.1) is 0 Å². The first-order valence-electron chi connectivity index (χ1n) is 5.91. The zero-order valence-corrected chi connectivity index (χ0v) is 11.1. The smallest absolute Gasteiger partial charge is 0.329 e. The average molecular weight is 274 g/mol. The van der Waals surface area contributed by atoms with Gasteiger partial charge in [-0.05, 0) is 11.6 Å². The first-order chi connectivity index (χ1) is 9.61. The molecule has 0 bridgehead atoms. The number of hydrogen-bond donors (Lipinski definition) is 1. The Morgan fingerprint density at radius 1 is 1.45 bits per heavy atom. The summed E-state index contributed by atoms with van der Waals surface area (Å²) in [6.45, 7) is 0.467. The van der Waals surface area contributed by atoms with Crippen molar-refractivity contribution < 1.29 is 4.92 Å². The van der Waals surface area contributed by atoms with E-state index < -0.39 is 4.92 Å². The topological polar surface area (TPSA) is 97.1 Å². The average Bonchev–Trinajstić information content (AvgIpc) is 2.47. The van der Waals surface area contributed by atoms with E-state index in [4.69, 9.17) is 0 Å². The van der Waals surface area contributed by atoms with Crippen molar-refractivity contribution in [3.05, 3.63) is 46.4 Å². The fourth-order valence-electron chi connectivity index (χ4n) is 1.74. The van der Waals surface area contributed by atoms with Crippen LogP contribution in [0.5, 0.6) is 0 Å². The molecule has 0 unspecified atom stereocenters. The van der Waals surface area contributed by atoms with Crippen molar-refractivity contribution >= 4 is 17.5 Å². The van der Waals surface area contributed by atoms with Crippen LogP contribution in [0.2, 0.25) is 0 Å². The summed E-state index contributed by atoms with van der Waals surface area (Å²) < 4.78 is 0. The Kier molecular flexibility index (Phi) is 4.04. The van der Waals surface area contributed by atoms with Gasteiger partial charge < -0.3 is 10.2 Å². The number of aromatic nitrogens is 3. The standard InChI is InChI=1S/C12H14N6O2/c1-13-12-15-7-10(18(19)20)11(16-12)17(2)8-9-4-3-5-14-6-9/h3-7H,8H2,1-2H3,(H,13,15,16). The van der Waals surface area contributed by atoms with Crippen LogP contribution >= 0.6 is 0 Å². The van der Waals surface area contributed by atoms with Crippen LogP contribution in [-0.4, -0.2) is 34.0 Å². The summed E-state index contributed by atoms with van der Waals surface area (Å²) in [5, 5.41) is 13.8. The number of nitrogens with one attached hydrogen (secondary N) is 1. The van der Waals surface area contributed by atoms with Gasteiger partial charge in [0.1, 0.15) is 6.20 Å². The Hall–Kier alpha value is -2.77. The minimum Gasteiger partial charge on any atom is -0.357 e. The van der Waals surface area contributed by atoms with Gasteiger partial charge in [0.25, 0.3) is 0 Å². The molecule has 0 aliphatic heterocycles. The molecule has 0 saturated carbocycles. The summed E-state index contributed by atoms with van der Waals surface area (Å²) in [5.41, 5.74) is 0.810. The van der Waals surface area contributed by atoms with Gasteiger partial charge in [0.2, 0.25) is 11.8 Å². The second-order valence-corrected chi connectivity index (χ2v) is 4.13. The number of pyridine rings is 1. The highest BCUT2D eigenvalue weighted by Crippen LogP contribution is 2.26. The molecule has 8 nitrogen and oxygen atoms in total. The highest BCUT2D eigenvalue weighted by molar-refractivity contribution is 5.58. The zero-order valence-electron chi connectivity index (χ0n) is 11.1. The van der Waals surface area contributed by atoms with Crippen molar-refractivity contribution in [1.82, 2.24) is 15.0 Å². The molecule has 20 heavy (non-hydrogen) atoms. The number of nitrogens with zero attached hydrogens (tertiary/aromatic N) is 5. The van der Waals surface area contributed by atoms with E-state index in [0.717, 1.165) is 5.56 Å². The molecule has 0 radical (unpaired) electrons. The lowest BCUT2D eigenvalue weighted by Gasteiger charge is -2.18. The normalized spacial score (nSPS) is 10.1. The largest absolute Gasteiger partial charge is 0.357 e. The zero-order chi connectivity index (χ0) is 14.5. The van der Waals surface area contributed by atoms with Crippen molar-refractivity contribution in [3.8, 4) is 0 Å². The van der Waals surface area contributed by atoms with Crippen LogP contribution in [0.1, 0.15) is 5.56 Å². The lowest BCUT2D eigenvalue weighted by atomic mass is 10.2. The van der Waals surface area contributed by atoms with E-state index in [1.165, 1.54) is 6.20 Å². The molecule has 0 spiro atoms. The van der Waals surface area contributed by atoms with Crippen molar-refractivity contribution in [2.75, 3.05) is 24.3 Å². The molecule has 2 heterocycles. The van der Waals surface area contributed by atoms with E-state index in [-0.39, 0.29) is 11.5 Å². The molecule has 2 rings (SSSR count). The van der Waals surface area contributed by atoms with E-state index in [1.54, 1.807) is 31.4 Å². The lowest BCUT2D eigenvalue weighted by Crippen LogP contribution is -2.20. The second-order valence-electron chi connectivity index (χ2n) is 4.13. The van der Waals surface area contributed by atoms with Gasteiger partial charge in [-0.1, -0.05) is 6.07 Å². The molecular formula is C12H14N6O2. The molecule has 8 heteroatoms. The predicted molar refractivity (Wildman–Crippen MR) is 74.6 cm³/mol. The van der Waals surface area contributed by atoms with Gasteiger partial charge in [-0.3, -0.25) is 15.1 Å². The molecular weight excluding hydrogens is 260 g/mol. The summed E-state index contributed by atoms with van der Waals surface area (Å²) >= 11 is 0. The SMILES string of the molecule is CNc1ncc([N+](=O)[O-])c(N(C)Cc2cccnc2)n1. The molecule has 0 saturated heterocycles. The number of nitro groups is 1. The molecule has 2 aromatic rings. The van der Waals surface area contributed by atoms with Crippen LogP contribution in [0.3, 0.4) is 0 Å². The number of hydrogen-bond acceptors (Lipinski definition) is 7. The molecule has 2 aromatic heterocycles. The Morgan fingerprint density at radius 2 is 2.25 bits per heavy atom. The maximum absolute atomic E-state index is 11.0. The molecule has 0 aliphatic carbocycles. The third-order valence-electron chi connectivity index (χ3n) is 2.67. The summed E-state index contributed by atoms with van der Waals surface area (Å²) in [6, 6.07) is 3.71. The van der Waals surface area contributed by atoms with E-state index in [1.807, 2.05) is 12.1 Å². The first-order valence-corrected chi connectivity index (χ1v) is 5.91. The van der Waals surface area contributed by atoms with Crippen molar-refractivity contribution in [2.45, 2.75) is 6.54 Å². The molecule has 104 valence electrons. The Balaban J connectivity index is 2.32. The monoisotopic (exact) mass is 274 g/mol. The van der Waals surface area contributed by atoms with E-state index >= 15 is 0 Å². The van der Waals surface area contributed by atoms with Crippen LogP contribution in [0.25, 0.3) is 0 Å². The highest BCUT2D eigenvalue weighted by Gasteiger charge is 2.20. The maximum atomic E-state index is 11.0. The fourth-order valence-corrected chi connectivity index (χ4v) is 1.74. The van der Waals surface area contributed by atoms with Crippen LogP contribution in [0.4, 0.5) is 17.5 Å². The first kappa shape index (κ1) is 13.7. The van der Waals surface area contributed by atoms with Crippen LogP contribution in [0, 0.1) is 10.1 Å². The van der Waals surface area contributed by atoms with Gasteiger partial charge in [0.15, 0.2) is 0 Å². The minimum atomic E-state index is -0.492. The molecule has 1 N–H and O–H groups in total. The van der Waals surface area contributed by atoms with Gasteiger partial charge in [-0.2, -0.15) is 4.98 Å². The molecule has 0 fully saturated rings. The third kappa shape index (κ3) is 2.97. The summed E-state index contributed by atoms with van der Waals surface area (Å²) in [6.07, 6.45) is 4.59. The van der Waals surface area contributed by atoms with Crippen molar-refractivity contribution in [2.24, 2.45) is 0 Å². The molecule has 0 atom stereocenters. The van der Waals surface area contributed by atoms with Crippen molar-refractivity contribution in [3.63, 3.8) is 0 Å². The van der Waals surface area contributed by atoms with Gasteiger partial charge in [0, 0.05) is 33.0 Å². The van der Waals surface area contributed by atoms with Crippen LogP contribution in [-0.2, 0) is 6.54 Å². The predicted octanol–water partition coefficient (Wildman–Crippen LogP) is 1.46. The molecule has 0 aromatic carbocycles. The minimum absolute atomic E-state index is 0.129. The number of anilines is 2. The lowest BCUT2D eigenvalue weighted by molar-refractivity contribution is -0.384. The van der Waals surface area contributed by atoms with E-state index in [2.05, 4.69) is 20.3 Å². The summed E-state index contributed by atoms with van der Waals surface area (Å²) in [4.78, 5) is 24.3. The van der Waals surface area contributed by atoms with Crippen LogP contribution < -0.4 is 10.2 Å². The van der Waals surface area contributed by atoms with E-state index in [0.29, 0.717) is 12.5 Å². The molecule has 0 amide bonds.